The third-order valence-corrected chi connectivity index (χ3v) is 22.8. The molecule has 0 spiro atoms. The van der Waals surface area contributed by atoms with Crippen LogP contribution in [0.3, 0.4) is 0 Å². The third-order valence-electron chi connectivity index (χ3n) is 22.3. The molecule has 24 nitrogen and oxygen atoms in total. The summed E-state index contributed by atoms with van der Waals surface area (Å²) < 4.78 is 62.5. The van der Waals surface area contributed by atoms with E-state index >= 15 is 0 Å². The number of carbonyl (C=O) groups excluding carboxylic acids is 2. The third kappa shape index (κ3) is 18.9. The average Bonchev–Trinajstić information content (AvgIpc) is 1.70. The number of aliphatic hydroxyl groups is 4. The number of ether oxygens (including phenoxy) is 7. The van der Waals surface area contributed by atoms with Gasteiger partial charge < -0.3 is 88.3 Å². The minimum atomic E-state index is -1.96. The highest BCUT2D eigenvalue weighted by Gasteiger charge is 2.54. The summed E-state index contributed by atoms with van der Waals surface area (Å²) in [5, 5.41) is 63.9. The molecule has 0 radical (unpaired) electrons. The van der Waals surface area contributed by atoms with E-state index in [0.29, 0.717) is 40.8 Å². The predicted octanol–water partition coefficient (Wildman–Crippen LogP) is 11.5. The number of Topliss-reactive ketones (excluding diaryl/α,β-unsaturated/α-hetero) is 1. The molecule has 0 unspecified atom stereocenters. The topological polar surface area (TPSA) is 300 Å². The van der Waals surface area contributed by atoms with Crippen molar-refractivity contribution in [1.82, 2.24) is 24.3 Å². The maximum atomic E-state index is 14.6. The van der Waals surface area contributed by atoms with Crippen molar-refractivity contribution in [3.05, 3.63) is 140 Å². The van der Waals surface area contributed by atoms with E-state index in [1.807, 2.05) is 109 Å². The van der Waals surface area contributed by atoms with Gasteiger partial charge >= 0.3 is 11.9 Å². The molecule has 0 amide bonds. The normalized spacial score (nSPS) is 31.0. The minimum Gasteiger partial charge on any atom is -0.477 e. The van der Waals surface area contributed by atoms with Crippen LogP contribution in [-0.2, 0) is 42.7 Å². The molecule has 2 aliphatic carbocycles. The van der Waals surface area contributed by atoms with Crippen LogP contribution in [0.15, 0.2) is 113 Å². The number of carboxylic acids is 1. The summed E-state index contributed by atoms with van der Waals surface area (Å²) in [5.74, 6) is -6.22. The Kier molecular flexibility index (Phi) is 27.4. The molecule has 4 aromatic carbocycles. The second-order valence-corrected chi connectivity index (χ2v) is 32.0. The number of aromatic carboxylic acids is 1. The Balaban J connectivity index is 0.000000188. The number of piperazine rings is 1. The van der Waals surface area contributed by atoms with Gasteiger partial charge in [-0.2, -0.15) is 0 Å². The summed E-state index contributed by atoms with van der Waals surface area (Å²) in [6.07, 6.45) is -5.44. The summed E-state index contributed by atoms with van der Waals surface area (Å²) in [6, 6.07) is 30.7. The molecule has 5 aliphatic heterocycles. The van der Waals surface area contributed by atoms with Crippen LogP contribution in [0, 0.1) is 29.5 Å². The summed E-state index contributed by atoms with van der Waals surface area (Å²) in [7, 11) is 6.77. The highest BCUT2D eigenvalue weighted by atomic mass is 35.5. The number of pyridine rings is 1. The second kappa shape index (κ2) is 35.3. The van der Waals surface area contributed by atoms with Crippen LogP contribution in [0.5, 0.6) is 0 Å². The number of cyclic esters (lactones) is 1. The molecular formula is C82H109Cl2FN8O16. The van der Waals surface area contributed by atoms with E-state index in [9.17, 15) is 49.1 Å². The van der Waals surface area contributed by atoms with E-state index in [2.05, 4.69) is 47.2 Å². The standard InChI is InChI=1S/C38H69NO13.C27H22Cl2N4.C17H18FN3O3/c1-15-26-38(10,45)31(42)21(4)28(40)19(2)17-37(9,47-14)33(52-35-29(41)25(39(11)12)16-20(3)48-35)22(5)30(23(6)34(44)50-26)51-27-18-36(8,46-13)32(43)24(7)49-27;1-17(2)30-24-16-27-25(15-23(24)31-20-11-7-18(28)8-12-20)32-22-5-3-4-6-26(22)33(27)21-13-9-19(29)10-14-21;18-13-7-11-14(8-15(13)20-5-3-19-4-6-20)21(10-1-2-10)9-12(16(11)22)17(23)24/h19-27,29-33,35,41-43,45H,15-18H2,1-14H3;3-17,31H,1-2H3;7-10,19H,1-6H2,(H,23,24)/t19-,20-,21+,22+,23-,24+,25+,26-,27+,29-,30+,31-,32+,33-,35+,36-,37-,38-;;/m1../s1. The number of carboxylic acid groups (broad SMARTS) is 1. The van der Waals surface area contributed by atoms with Gasteiger partial charge in [0.1, 0.15) is 41.1 Å². The molecular weight excluding hydrogens is 1440 g/mol. The molecule has 7 N–H and O–H groups in total. The zero-order valence-electron chi connectivity index (χ0n) is 65.2. The lowest BCUT2D eigenvalue weighted by Gasteiger charge is -2.50. The number of likely N-dealkylation sites (N-methyl/N-ethyl adjacent to an activating group) is 1. The molecule has 6 heterocycles. The van der Waals surface area contributed by atoms with Gasteiger partial charge in [0.25, 0.3) is 0 Å². The highest BCUT2D eigenvalue weighted by molar-refractivity contribution is 6.31. The number of nitrogens with zero attached hydrogens (tertiary/aromatic N) is 6. The van der Waals surface area contributed by atoms with Crippen molar-refractivity contribution >= 4 is 79.9 Å². The fraction of sp³-hybridized carbons (Fsp3) is 0.561. The monoisotopic (exact) mass is 1550 g/mol. The first-order valence-corrected chi connectivity index (χ1v) is 38.5. The molecule has 27 heteroatoms. The van der Waals surface area contributed by atoms with Gasteiger partial charge in [-0.1, -0.05) is 63.0 Å². The Bertz CT molecular complexity index is 4420. The number of fused-ring (bicyclic) bond motifs is 3. The van der Waals surface area contributed by atoms with Crippen LogP contribution in [0.25, 0.3) is 39.0 Å². The first kappa shape index (κ1) is 84.4. The van der Waals surface area contributed by atoms with Gasteiger partial charge in [-0.15, -0.1) is 0 Å². The fourth-order valence-electron chi connectivity index (χ4n) is 15.8. The number of methoxy groups -OCH3 is 2. The molecule has 12 rings (SSSR count). The van der Waals surface area contributed by atoms with Crippen molar-refractivity contribution < 1.29 is 77.5 Å². The quantitative estimate of drug-likeness (QED) is 0.0371. The van der Waals surface area contributed by atoms with Gasteiger partial charge in [-0.25, -0.2) is 14.2 Å². The molecule has 18 atom stereocenters. The van der Waals surface area contributed by atoms with Crippen molar-refractivity contribution in [3.63, 3.8) is 0 Å². The second-order valence-electron chi connectivity index (χ2n) is 31.1. The van der Waals surface area contributed by atoms with Gasteiger partial charge in [-0.3, -0.25) is 19.4 Å². The van der Waals surface area contributed by atoms with Crippen LogP contribution in [0.1, 0.15) is 138 Å². The van der Waals surface area contributed by atoms with Crippen molar-refractivity contribution in [3.8, 4) is 17.1 Å². The molecule has 5 fully saturated rings. The van der Waals surface area contributed by atoms with E-state index in [0.717, 1.165) is 70.8 Å². The molecule has 1 saturated carbocycles. The number of aliphatic hydroxyl groups excluding tert-OH is 3. The Labute approximate surface area is 647 Å². The molecule has 0 bridgehead atoms. The first-order valence-electron chi connectivity index (χ1n) is 37.8. The zero-order valence-corrected chi connectivity index (χ0v) is 66.8. The number of carbonyl (C=O) groups is 3. The van der Waals surface area contributed by atoms with Crippen LogP contribution < -0.4 is 26.3 Å². The Morgan fingerprint density at radius 2 is 1.47 bits per heavy atom. The Morgan fingerprint density at radius 1 is 0.826 bits per heavy atom. The van der Waals surface area contributed by atoms with Crippen molar-refractivity contribution in [2.45, 2.75) is 218 Å². The van der Waals surface area contributed by atoms with Gasteiger partial charge in [0, 0.05) is 116 Å². The number of ketones is 1. The zero-order chi connectivity index (χ0) is 79.5. The molecule has 4 saturated heterocycles. The lowest BCUT2D eigenvalue weighted by Crippen LogP contribution is -2.61. The molecule has 109 heavy (non-hydrogen) atoms. The summed E-state index contributed by atoms with van der Waals surface area (Å²) in [5.41, 5.74) is 2.51. The van der Waals surface area contributed by atoms with E-state index < -0.39 is 119 Å². The number of hydrogen-bond donors (Lipinski definition) is 7. The van der Waals surface area contributed by atoms with Crippen LogP contribution in [0.4, 0.5) is 21.5 Å². The maximum absolute atomic E-state index is 14.6. The Morgan fingerprint density at radius 3 is 2.07 bits per heavy atom. The van der Waals surface area contributed by atoms with E-state index in [1.165, 1.54) is 33.4 Å². The number of esters is 1. The molecule has 594 valence electrons. The number of hydrogen-bond acceptors (Lipinski definition) is 21. The predicted molar refractivity (Wildman–Crippen MR) is 418 cm³/mol. The van der Waals surface area contributed by atoms with Crippen LogP contribution in [0.2, 0.25) is 10.0 Å². The molecule has 7 aliphatic rings. The lowest BCUT2D eigenvalue weighted by atomic mass is 9.74. The van der Waals surface area contributed by atoms with Gasteiger partial charge in [0.15, 0.2) is 12.6 Å². The SMILES string of the molecule is CC(C)N=c1cc2n(-c3ccc(Cl)cc3)c3ccccc3nc-2cc1Nc1ccc(Cl)cc1.CC[C@H]1OC(=O)[C@H](C)[C@@H](O[C@H]2C[C@@](C)(OC)[C@@H](O)[C@H](C)O2)[C@H](C)[C@@H](O[C@@H]2O[C@H](C)C[C@H](N(C)C)[C@H]2O)[C@](C)(OC)C[C@@H](C)C(=O)[C@H](C)[C@@H](O)[C@]1(C)O.O=C(O)c1cn(C2CC2)c2cc(N3CCNCC3)c(F)cc2c1=O. The fourth-order valence-corrected chi connectivity index (χ4v) is 16.0. The first-order chi connectivity index (χ1) is 51.5. The largest absolute Gasteiger partial charge is 0.477 e. The van der Waals surface area contributed by atoms with Gasteiger partial charge in [-0.05, 0) is 187 Å². The minimum absolute atomic E-state index is 0.111. The summed E-state index contributed by atoms with van der Waals surface area (Å²) in [4.78, 5) is 65.7. The summed E-state index contributed by atoms with van der Waals surface area (Å²) in [6.45, 7) is 24.2. The van der Waals surface area contributed by atoms with Gasteiger partial charge in [0.05, 0.1) is 92.3 Å². The van der Waals surface area contributed by atoms with E-state index in [-0.39, 0.29) is 60.2 Å². The Hall–Kier alpha value is -7.05. The number of rotatable bonds is 15. The number of anilines is 3. The number of para-hydroxylation sites is 2. The maximum Gasteiger partial charge on any atom is 0.341 e. The smallest absolute Gasteiger partial charge is 0.341 e. The number of halogens is 3. The van der Waals surface area contributed by atoms with Crippen LogP contribution in [-0.4, -0.2) is 207 Å². The molecule has 5 aromatic rings. The average molecular weight is 1550 g/mol. The number of aromatic nitrogens is 3. The van der Waals surface area contributed by atoms with E-state index in [1.54, 1.807) is 54.5 Å². The van der Waals surface area contributed by atoms with Crippen LogP contribution >= 0.6 is 23.2 Å². The number of nitrogens with one attached hydrogen (secondary N) is 2. The number of benzene rings is 5. The van der Waals surface area contributed by atoms with Crippen molar-refractivity contribution in [2.24, 2.45) is 28.7 Å². The van der Waals surface area contributed by atoms with Crippen molar-refractivity contribution in [2.75, 3.05) is 64.7 Å². The van der Waals surface area contributed by atoms with Crippen molar-refractivity contribution in [1.29, 1.82) is 0 Å². The van der Waals surface area contributed by atoms with Gasteiger partial charge in [0.2, 0.25) is 5.43 Å². The highest BCUT2D eigenvalue weighted by Crippen LogP contribution is 2.44. The molecule has 1 aromatic heterocycles. The lowest BCUT2D eigenvalue weighted by molar-refractivity contribution is -0.319. The van der Waals surface area contributed by atoms with E-state index in [4.69, 9.17) is 66.3 Å². The summed E-state index contributed by atoms with van der Waals surface area (Å²) >= 11 is 12.2.